The van der Waals surface area contributed by atoms with E-state index in [-0.39, 0.29) is 12.1 Å². The molecule has 0 spiro atoms. The Labute approximate surface area is 124 Å². The van der Waals surface area contributed by atoms with Crippen molar-refractivity contribution in [2.45, 2.75) is 37.8 Å². The quantitative estimate of drug-likeness (QED) is 0.800. The van der Waals surface area contributed by atoms with Crippen LogP contribution >= 0.6 is 0 Å². The molecule has 2 N–H and O–H groups in total. The van der Waals surface area contributed by atoms with E-state index in [1.165, 1.54) is 0 Å². The molecule has 7 nitrogen and oxygen atoms in total. The molecule has 120 valence electrons. The number of aliphatic carboxylic acids is 1. The molecule has 2 unspecified atom stereocenters. The van der Waals surface area contributed by atoms with Gasteiger partial charge in [0.2, 0.25) is 0 Å². The van der Waals surface area contributed by atoms with Gasteiger partial charge in [-0.3, -0.25) is 0 Å². The molecule has 0 saturated carbocycles. The van der Waals surface area contributed by atoms with Crippen LogP contribution in [0.15, 0.2) is 0 Å². The SMILES string of the molecule is COC1CN(C(=O)NC2(C(=O)O)CCOCC2)CCC1C. The summed E-state index contributed by atoms with van der Waals surface area (Å²) in [5.41, 5.74) is -1.21. The number of carbonyl (C=O) groups excluding carboxylic acids is 1. The molecule has 0 aliphatic carbocycles. The molecule has 2 aliphatic heterocycles. The van der Waals surface area contributed by atoms with Crippen LogP contribution in [0.2, 0.25) is 0 Å². The smallest absolute Gasteiger partial charge is 0.329 e. The second-order valence-electron chi connectivity index (χ2n) is 5.92. The lowest BCUT2D eigenvalue weighted by atomic mass is 9.90. The number of rotatable bonds is 3. The Morgan fingerprint density at radius 3 is 2.62 bits per heavy atom. The van der Waals surface area contributed by atoms with Crippen molar-refractivity contribution in [3.8, 4) is 0 Å². The lowest BCUT2D eigenvalue weighted by molar-refractivity contribution is -0.148. The van der Waals surface area contributed by atoms with Gasteiger partial charge in [0.05, 0.1) is 6.10 Å². The van der Waals surface area contributed by atoms with Crippen molar-refractivity contribution in [3.05, 3.63) is 0 Å². The summed E-state index contributed by atoms with van der Waals surface area (Å²) in [5.74, 6) is -0.594. The van der Waals surface area contributed by atoms with E-state index in [4.69, 9.17) is 9.47 Å². The lowest BCUT2D eigenvalue weighted by Crippen LogP contribution is -2.61. The number of carboxylic acids is 1. The lowest BCUT2D eigenvalue weighted by Gasteiger charge is -2.39. The first-order valence-electron chi connectivity index (χ1n) is 7.39. The van der Waals surface area contributed by atoms with E-state index in [0.717, 1.165) is 6.42 Å². The number of hydrogen-bond acceptors (Lipinski definition) is 4. The Morgan fingerprint density at radius 1 is 1.38 bits per heavy atom. The highest BCUT2D eigenvalue weighted by molar-refractivity contribution is 5.86. The fourth-order valence-electron chi connectivity index (χ4n) is 2.92. The third-order valence-corrected chi connectivity index (χ3v) is 4.58. The number of piperidine rings is 1. The minimum atomic E-state index is -1.21. The van der Waals surface area contributed by atoms with Gasteiger partial charge in [0, 0.05) is 46.3 Å². The Morgan fingerprint density at radius 2 is 2.05 bits per heavy atom. The Balaban J connectivity index is 2.00. The number of methoxy groups -OCH3 is 1. The van der Waals surface area contributed by atoms with Crippen molar-refractivity contribution in [3.63, 3.8) is 0 Å². The highest BCUT2D eigenvalue weighted by Crippen LogP contribution is 2.23. The Kier molecular flexibility index (Phi) is 5.05. The van der Waals surface area contributed by atoms with Crippen LogP contribution in [0.25, 0.3) is 0 Å². The number of urea groups is 1. The highest BCUT2D eigenvalue weighted by Gasteiger charge is 2.43. The highest BCUT2D eigenvalue weighted by atomic mass is 16.5. The second-order valence-corrected chi connectivity index (χ2v) is 5.92. The molecule has 21 heavy (non-hydrogen) atoms. The predicted molar refractivity (Wildman–Crippen MR) is 75.1 cm³/mol. The number of hydrogen-bond donors (Lipinski definition) is 2. The molecule has 0 radical (unpaired) electrons. The van der Waals surface area contributed by atoms with E-state index >= 15 is 0 Å². The summed E-state index contributed by atoms with van der Waals surface area (Å²) in [4.78, 5) is 25.6. The van der Waals surface area contributed by atoms with Gasteiger partial charge in [0.1, 0.15) is 5.54 Å². The number of carboxylic acid groups (broad SMARTS) is 1. The van der Waals surface area contributed by atoms with E-state index in [9.17, 15) is 14.7 Å². The number of carbonyl (C=O) groups is 2. The first-order valence-corrected chi connectivity index (χ1v) is 7.39. The number of nitrogens with zero attached hydrogens (tertiary/aromatic N) is 1. The van der Waals surface area contributed by atoms with Crippen LogP contribution in [0.5, 0.6) is 0 Å². The zero-order chi connectivity index (χ0) is 15.5. The molecule has 2 amide bonds. The zero-order valence-electron chi connectivity index (χ0n) is 12.6. The molecule has 0 bridgehead atoms. The number of nitrogens with one attached hydrogen (secondary N) is 1. The number of amides is 2. The van der Waals surface area contributed by atoms with Crippen LogP contribution in [0, 0.1) is 5.92 Å². The molecule has 0 aromatic heterocycles. The van der Waals surface area contributed by atoms with Crippen LogP contribution in [0.3, 0.4) is 0 Å². The van der Waals surface area contributed by atoms with Gasteiger partial charge in [-0.15, -0.1) is 0 Å². The van der Waals surface area contributed by atoms with Gasteiger partial charge < -0.3 is 24.8 Å². The summed E-state index contributed by atoms with van der Waals surface area (Å²) in [7, 11) is 1.64. The minimum Gasteiger partial charge on any atom is -0.480 e. The van der Waals surface area contributed by atoms with Crippen molar-refractivity contribution in [1.82, 2.24) is 10.2 Å². The van der Waals surface area contributed by atoms with Crippen LogP contribution in [-0.2, 0) is 14.3 Å². The van der Waals surface area contributed by atoms with Gasteiger partial charge in [-0.25, -0.2) is 9.59 Å². The van der Waals surface area contributed by atoms with Crippen molar-refractivity contribution < 1.29 is 24.2 Å². The van der Waals surface area contributed by atoms with Crippen molar-refractivity contribution in [1.29, 1.82) is 0 Å². The van der Waals surface area contributed by atoms with E-state index in [0.29, 0.717) is 45.1 Å². The molecular weight excluding hydrogens is 276 g/mol. The minimum absolute atomic E-state index is 0.0000303. The van der Waals surface area contributed by atoms with E-state index in [1.807, 2.05) is 0 Å². The maximum atomic E-state index is 12.4. The van der Waals surface area contributed by atoms with E-state index < -0.39 is 11.5 Å². The van der Waals surface area contributed by atoms with Gasteiger partial charge in [-0.1, -0.05) is 6.92 Å². The molecule has 2 rings (SSSR count). The fourth-order valence-corrected chi connectivity index (χ4v) is 2.92. The van der Waals surface area contributed by atoms with Gasteiger partial charge in [0.15, 0.2) is 0 Å². The fraction of sp³-hybridized carbons (Fsp3) is 0.857. The van der Waals surface area contributed by atoms with Gasteiger partial charge in [-0.2, -0.15) is 0 Å². The summed E-state index contributed by atoms with van der Waals surface area (Å²) in [6, 6.07) is -0.326. The normalized spacial score (nSPS) is 29.0. The third kappa shape index (κ3) is 3.47. The average Bonchev–Trinajstić information content (AvgIpc) is 2.48. The second kappa shape index (κ2) is 6.62. The van der Waals surface area contributed by atoms with E-state index in [2.05, 4.69) is 12.2 Å². The first kappa shape index (κ1) is 16.0. The maximum Gasteiger partial charge on any atom is 0.329 e. The topological polar surface area (TPSA) is 88.1 Å². The zero-order valence-corrected chi connectivity index (χ0v) is 12.6. The largest absolute Gasteiger partial charge is 0.480 e. The maximum absolute atomic E-state index is 12.4. The summed E-state index contributed by atoms with van der Waals surface area (Å²) < 4.78 is 10.6. The Hall–Kier alpha value is -1.34. The predicted octanol–water partition coefficient (Wildman–Crippen LogP) is 0.687. The molecule has 0 aromatic rings. The summed E-state index contributed by atoms with van der Waals surface area (Å²) >= 11 is 0. The summed E-state index contributed by atoms with van der Waals surface area (Å²) in [6.45, 7) is 3.92. The molecular formula is C14H24N2O5. The molecule has 2 fully saturated rings. The van der Waals surface area contributed by atoms with Crippen LogP contribution in [-0.4, -0.2) is 67.1 Å². The van der Waals surface area contributed by atoms with Crippen LogP contribution in [0.1, 0.15) is 26.2 Å². The van der Waals surface area contributed by atoms with Crippen molar-refractivity contribution >= 4 is 12.0 Å². The third-order valence-electron chi connectivity index (χ3n) is 4.58. The van der Waals surface area contributed by atoms with Crippen LogP contribution < -0.4 is 5.32 Å². The monoisotopic (exact) mass is 300 g/mol. The first-order chi connectivity index (χ1) is 9.98. The molecule has 7 heteroatoms. The number of likely N-dealkylation sites (tertiary alicyclic amines) is 1. The van der Waals surface area contributed by atoms with Gasteiger partial charge in [0.25, 0.3) is 0 Å². The van der Waals surface area contributed by atoms with Gasteiger partial charge >= 0.3 is 12.0 Å². The van der Waals surface area contributed by atoms with Crippen molar-refractivity contribution in [2.24, 2.45) is 5.92 Å². The standard InChI is InChI=1S/C14H24N2O5/c1-10-3-6-16(9-11(10)20-2)13(19)15-14(12(17)18)4-7-21-8-5-14/h10-11H,3-9H2,1-2H3,(H,15,19)(H,17,18). The average molecular weight is 300 g/mol. The number of ether oxygens (including phenoxy) is 2. The summed E-state index contributed by atoms with van der Waals surface area (Å²) in [6.07, 6.45) is 1.45. The molecule has 2 saturated heterocycles. The molecule has 2 aliphatic rings. The summed E-state index contributed by atoms with van der Waals surface area (Å²) in [5, 5.41) is 12.2. The van der Waals surface area contributed by atoms with Crippen molar-refractivity contribution in [2.75, 3.05) is 33.4 Å². The molecule has 0 aromatic carbocycles. The van der Waals surface area contributed by atoms with Gasteiger partial charge in [-0.05, 0) is 12.3 Å². The molecule has 2 atom stereocenters. The molecule has 2 heterocycles. The van der Waals surface area contributed by atoms with E-state index in [1.54, 1.807) is 12.0 Å². The Bertz CT molecular complexity index is 395. The van der Waals surface area contributed by atoms with Crippen LogP contribution in [0.4, 0.5) is 4.79 Å².